The van der Waals surface area contributed by atoms with Gasteiger partial charge in [0.15, 0.2) is 0 Å². The van der Waals surface area contributed by atoms with Crippen molar-refractivity contribution in [3.63, 3.8) is 0 Å². The average Bonchev–Trinajstić information content (AvgIpc) is 3.32. The summed E-state index contributed by atoms with van der Waals surface area (Å²) in [6.45, 7) is 8.94. The van der Waals surface area contributed by atoms with Gasteiger partial charge in [-0.3, -0.25) is 0 Å². The first-order valence-corrected chi connectivity index (χ1v) is 16.2. The molecule has 0 aliphatic heterocycles. The first-order valence-electron chi connectivity index (χ1n) is 16.2. The van der Waals surface area contributed by atoms with Crippen molar-refractivity contribution in [3.05, 3.63) is 165 Å². The zero-order chi connectivity index (χ0) is 34.6. The molecule has 0 N–H and O–H groups in total. The quantitative estimate of drug-likeness (QED) is 0.166. The zero-order valence-electron chi connectivity index (χ0n) is 30.4. The van der Waals surface area contributed by atoms with Crippen LogP contribution in [0.25, 0.3) is 32.7 Å². The second kappa shape index (κ2) is 23.9. The Bertz CT molecular complexity index is 1460. The summed E-state index contributed by atoms with van der Waals surface area (Å²) < 4.78 is 6.59. The molecular formula is C41H53HfN5O. The summed E-state index contributed by atoms with van der Waals surface area (Å²) >= 11 is 0. The van der Waals surface area contributed by atoms with Crippen molar-refractivity contribution in [1.82, 2.24) is 4.98 Å². The van der Waals surface area contributed by atoms with E-state index in [1.165, 1.54) is 11.1 Å². The van der Waals surface area contributed by atoms with Crippen molar-refractivity contribution in [2.45, 2.75) is 51.5 Å². The number of para-hydroxylation sites is 1. The largest absolute Gasteiger partial charge is 4.00 e. The van der Waals surface area contributed by atoms with Crippen LogP contribution in [0.1, 0.15) is 79.6 Å². The summed E-state index contributed by atoms with van der Waals surface area (Å²) in [7, 11) is 10.5. The Kier molecular flexibility index (Phi) is 21.2. The van der Waals surface area contributed by atoms with Crippen molar-refractivity contribution in [2.75, 3.05) is 42.3 Å². The van der Waals surface area contributed by atoms with Gasteiger partial charge >= 0.3 is 25.8 Å². The Balaban J connectivity index is 0.00000104. The Morgan fingerprint density at radius 1 is 0.604 bits per heavy atom. The van der Waals surface area contributed by atoms with Crippen molar-refractivity contribution >= 4 is 5.69 Å². The Morgan fingerprint density at radius 3 is 1.52 bits per heavy atom. The van der Waals surface area contributed by atoms with Gasteiger partial charge in [0.2, 0.25) is 5.89 Å². The number of aromatic nitrogens is 1. The van der Waals surface area contributed by atoms with E-state index in [0.29, 0.717) is 17.7 Å². The number of benzene rings is 3. The third-order valence-corrected chi connectivity index (χ3v) is 6.95. The predicted octanol–water partition coefficient (Wildman–Crippen LogP) is 12.0. The van der Waals surface area contributed by atoms with Crippen molar-refractivity contribution < 1.29 is 30.3 Å². The number of nitrogens with zero attached hydrogens (tertiary/aromatic N) is 5. The minimum atomic E-state index is -0.317. The van der Waals surface area contributed by atoms with Crippen LogP contribution < -0.4 is 0 Å². The van der Waals surface area contributed by atoms with E-state index in [1.807, 2.05) is 48.6 Å². The van der Waals surface area contributed by atoms with E-state index < -0.39 is 0 Å². The molecule has 0 fully saturated rings. The molecule has 1 heterocycles. The van der Waals surface area contributed by atoms with Gasteiger partial charge in [0, 0.05) is 5.56 Å². The molecule has 4 aromatic rings. The van der Waals surface area contributed by atoms with Crippen LogP contribution in [0.15, 0.2) is 120 Å². The maximum atomic E-state index is 6.59. The topological polar surface area (TPSA) is 82.4 Å². The fraction of sp³-hybridized carbons (Fsp3) is 0.341. The molecule has 0 bridgehead atoms. The summed E-state index contributed by atoms with van der Waals surface area (Å²) in [4.78, 5) is 5.16. The second-order valence-corrected chi connectivity index (χ2v) is 11.7. The van der Waals surface area contributed by atoms with Crippen LogP contribution in [0.4, 0.5) is 5.69 Å². The van der Waals surface area contributed by atoms with Crippen LogP contribution in [0, 0.1) is 0 Å². The maximum Gasteiger partial charge on any atom is 4.00 e. The zero-order valence-corrected chi connectivity index (χ0v) is 34.0. The standard InChI is InChI=1S/C35H35N2O.3C2H6N.Hf/c1-24(2)29-22-15-23-30(25(3)4)32(29)36-31(26-16-11-7-12-17-26)33-34(27-18-9-5-6-10-19-27)38-35(37-33)28-20-13-8-14-21-28;3*1-3-2;/h5-25,27,31H,1-4H3;3*1-2H3;/q4*-1;+4. The fourth-order valence-electron chi connectivity index (χ4n) is 4.94. The minimum absolute atomic E-state index is 0. The van der Waals surface area contributed by atoms with E-state index in [0.717, 1.165) is 28.3 Å². The number of hydrogen-bond donors (Lipinski definition) is 0. The van der Waals surface area contributed by atoms with Crippen LogP contribution in [0.3, 0.4) is 0 Å². The number of hydrogen-bond acceptors (Lipinski definition) is 2. The van der Waals surface area contributed by atoms with E-state index in [1.54, 1.807) is 42.3 Å². The van der Waals surface area contributed by atoms with Gasteiger partial charge in [-0.2, -0.15) is 42.3 Å². The molecule has 6 nitrogen and oxygen atoms in total. The number of allylic oxidation sites excluding steroid dienone is 6. The first-order chi connectivity index (χ1) is 22.8. The smallest absolute Gasteiger partial charge is 0.673 e. The minimum Gasteiger partial charge on any atom is -0.673 e. The maximum absolute atomic E-state index is 6.59. The molecule has 1 atom stereocenters. The SMILES string of the molecule is CC(C)c1cccc(C(C)C)c1[N-]C(c1ccccc1)c1nc(-c2ccccc2)oc1C1C=CC=CC=C1.C[N-]C.C[N-]C.C[N-]C.[Hf+4]. The molecule has 1 aliphatic carbocycles. The molecule has 3 aromatic carbocycles. The third kappa shape index (κ3) is 12.9. The molecule has 0 radical (unpaired) electrons. The third-order valence-electron chi connectivity index (χ3n) is 6.95. The monoisotopic (exact) mass is 811 g/mol. The van der Waals surface area contributed by atoms with Gasteiger partial charge in [-0.15, -0.1) is 5.69 Å². The van der Waals surface area contributed by atoms with Crippen LogP contribution in [0.5, 0.6) is 0 Å². The van der Waals surface area contributed by atoms with E-state index in [9.17, 15) is 0 Å². The molecule has 0 saturated carbocycles. The Hall–Kier alpha value is -3.36. The number of oxazole rings is 1. The summed E-state index contributed by atoms with van der Waals surface area (Å²) in [5.41, 5.74) is 6.47. The summed E-state index contributed by atoms with van der Waals surface area (Å²) in [5.74, 6) is 2.09. The molecule has 1 aliphatic rings. The normalized spacial score (nSPS) is 12.4. The predicted molar refractivity (Wildman–Crippen MR) is 204 cm³/mol. The van der Waals surface area contributed by atoms with Gasteiger partial charge in [-0.1, -0.05) is 148 Å². The molecule has 0 saturated heterocycles. The average molecular weight is 810 g/mol. The van der Waals surface area contributed by atoms with Gasteiger partial charge in [-0.05, 0) is 30.0 Å². The molecule has 252 valence electrons. The van der Waals surface area contributed by atoms with Gasteiger partial charge in [-0.25, -0.2) is 4.98 Å². The summed E-state index contributed by atoms with van der Waals surface area (Å²) in [6, 6.07) is 26.8. The van der Waals surface area contributed by atoms with Crippen LogP contribution >= 0.6 is 0 Å². The second-order valence-electron chi connectivity index (χ2n) is 11.7. The molecule has 5 rings (SSSR count). The van der Waals surface area contributed by atoms with E-state index in [4.69, 9.17) is 14.7 Å². The van der Waals surface area contributed by atoms with Crippen LogP contribution in [-0.4, -0.2) is 47.3 Å². The Morgan fingerprint density at radius 2 is 1.06 bits per heavy atom. The molecule has 0 amide bonds. The first kappa shape index (κ1) is 42.7. The van der Waals surface area contributed by atoms with Crippen molar-refractivity contribution in [1.29, 1.82) is 0 Å². The van der Waals surface area contributed by atoms with E-state index in [-0.39, 0.29) is 37.8 Å². The van der Waals surface area contributed by atoms with Crippen LogP contribution in [-0.2, 0) is 25.8 Å². The molecule has 1 aromatic heterocycles. The van der Waals surface area contributed by atoms with Crippen LogP contribution in [0.2, 0.25) is 0 Å². The number of rotatable bonds is 8. The van der Waals surface area contributed by atoms with Crippen molar-refractivity contribution in [2.24, 2.45) is 0 Å². The van der Waals surface area contributed by atoms with Gasteiger partial charge in [0.1, 0.15) is 5.76 Å². The molecule has 1 unspecified atom stereocenters. The van der Waals surface area contributed by atoms with Crippen molar-refractivity contribution in [3.8, 4) is 11.5 Å². The molecular weight excluding hydrogens is 757 g/mol. The van der Waals surface area contributed by atoms with E-state index in [2.05, 4.69) is 110 Å². The Labute approximate surface area is 309 Å². The summed E-state index contributed by atoms with van der Waals surface area (Å²) in [6.07, 6.45) is 12.5. The fourth-order valence-corrected chi connectivity index (χ4v) is 4.94. The van der Waals surface area contributed by atoms with Gasteiger partial charge in [0.05, 0.1) is 11.6 Å². The molecule has 7 heteroatoms. The molecule has 48 heavy (non-hydrogen) atoms. The molecule has 0 spiro atoms. The van der Waals surface area contributed by atoms with E-state index >= 15 is 0 Å². The van der Waals surface area contributed by atoms with Gasteiger partial charge in [0.25, 0.3) is 0 Å². The summed E-state index contributed by atoms with van der Waals surface area (Å²) in [5, 5.41) is 16.0. The van der Waals surface area contributed by atoms with Gasteiger partial charge < -0.3 is 25.7 Å².